The summed E-state index contributed by atoms with van der Waals surface area (Å²) in [6, 6.07) is 24.6. The summed E-state index contributed by atoms with van der Waals surface area (Å²) in [4.78, 5) is 12.2. The van der Waals surface area contributed by atoms with Gasteiger partial charge in [0.2, 0.25) is 0 Å². The second kappa shape index (κ2) is 9.48. The molecule has 0 aromatic heterocycles. The molecular formula is C26H25BrO3. The lowest BCUT2D eigenvalue weighted by Gasteiger charge is -2.19. The fraction of sp³-hybridized carbons (Fsp3) is 0.269. The van der Waals surface area contributed by atoms with Gasteiger partial charge in [0.25, 0.3) is 0 Å². The van der Waals surface area contributed by atoms with Crippen LogP contribution in [0.15, 0.2) is 77.3 Å². The highest BCUT2D eigenvalue weighted by atomic mass is 79.9. The Balaban J connectivity index is 1.52. The molecule has 30 heavy (non-hydrogen) atoms. The lowest BCUT2D eigenvalue weighted by molar-refractivity contribution is -0.143. The van der Waals surface area contributed by atoms with Crippen LogP contribution in [0.2, 0.25) is 0 Å². The van der Waals surface area contributed by atoms with Gasteiger partial charge in [0.05, 0.1) is 13.0 Å². The van der Waals surface area contributed by atoms with Crippen LogP contribution in [0, 0.1) is 0 Å². The zero-order valence-electron chi connectivity index (χ0n) is 17.0. The molecule has 3 aromatic rings. The largest absolute Gasteiger partial charge is 0.486 e. The third-order valence-electron chi connectivity index (χ3n) is 5.57. The smallest absolute Gasteiger partial charge is 0.306 e. The normalized spacial score (nSPS) is 16.0. The van der Waals surface area contributed by atoms with Crippen LogP contribution in [0.3, 0.4) is 0 Å². The van der Waals surface area contributed by atoms with E-state index in [4.69, 9.17) is 9.47 Å². The van der Waals surface area contributed by atoms with Gasteiger partial charge >= 0.3 is 5.97 Å². The molecule has 4 rings (SSSR count). The van der Waals surface area contributed by atoms with Crippen LogP contribution < -0.4 is 4.74 Å². The van der Waals surface area contributed by atoms with Gasteiger partial charge in [-0.05, 0) is 66.3 Å². The van der Waals surface area contributed by atoms with Crippen molar-refractivity contribution < 1.29 is 14.3 Å². The first kappa shape index (κ1) is 20.7. The fourth-order valence-electron chi connectivity index (χ4n) is 4.11. The third-order valence-corrected chi connectivity index (χ3v) is 6.06. The van der Waals surface area contributed by atoms with E-state index in [1.165, 1.54) is 11.1 Å². The quantitative estimate of drug-likeness (QED) is 0.369. The molecule has 0 radical (unpaired) electrons. The van der Waals surface area contributed by atoms with E-state index in [-0.39, 0.29) is 18.0 Å². The van der Waals surface area contributed by atoms with E-state index >= 15 is 0 Å². The molecule has 1 aliphatic rings. The maximum Gasteiger partial charge on any atom is 0.306 e. The Morgan fingerprint density at radius 2 is 1.77 bits per heavy atom. The van der Waals surface area contributed by atoms with E-state index in [9.17, 15) is 4.79 Å². The Hall–Kier alpha value is -2.59. The predicted molar refractivity (Wildman–Crippen MR) is 122 cm³/mol. The molecule has 0 aliphatic heterocycles. The number of carbonyl (C=O) groups excluding carboxylic acids is 1. The van der Waals surface area contributed by atoms with Crippen molar-refractivity contribution in [2.24, 2.45) is 0 Å². The van der Waals surface area contributed by atoms with Gasteiger partial charge in [-0.15, -0.1) is 0 Å². The minimum Gasteiger partial charge on any atom is -0.486 e. The Labute approximate surface area is 186 Å². The Morgan fingerprint density at radius 1 is 1.03 bits per heavy atom. The van der Waals surface area contributed by atoms with E-state index in [2.05, 4.69) is 58.4 Å². The minimum atomic E-state index is -0.180. The van der Waals surface area contributed by atoms with E-state index in [0.29, 0.717) is 13.0 Å². The van der Waals surface area contributed by atoms with Gasteiger partial charge in [-0.2, -0.15) is 0 Å². The van der Waals surface area contributed by atoms with Crippen molar-refractivity contribution in [1.29, 1.82) is 0 Å². The highest BCUT2D eigenvalue weighted by molar-refractivity contribution is 9.10. The van der Waals surface area contributed by atoms with Gasteiger partial charge in [-0.1, -0.05) is 64.5 Å². The molecule has 0 saturated carbocycles. The van der Waals surface area contributed by atoms with Gasteiger partial charge in [-0.3, -0.25) is 4.79 Å². The summed E-state index contributed by atoms with van der Waals surface area (Å²) < 4.78 is 12.6. The number of rotatable bonds is 7. The number of aryl methyl sites for hydroxylation is 1. The molecule has 2 unspecified atom stereocenters. The summed E-state index contributed by atoms with van der Waals surface area (Å²) >= 11 is 3.55. The van der Waals surface area contributed by atoms with Crippen molar-refractivity contribution in [1.82, 2.24) is 0 Å². The number of ether oxygens (including phenoxy) is 2. The van der Waals surface area contributed by atoms with Crippen molar-refractivity contribution in [3.63, 3.8) is 0 Å². The number of carbonyl (C=O) groups is 1. The van der Waals surface area contributed by atoms with Gasteiger partial charge in [0.1, 0.15) is 11.9 Å². The molecule has 0 fully saturated rings. The van der Waals surface area contributed by atoms with E-state index in [1.54, 1.807) is 0 Å². The van der Waals surface area contributed by atoms with Crippen molar-refractivity contribution >= 4 is 21.9 Å². The van der Waals surface area contributed by atoms with Crippen molar-refractivity contribution in [2.45, 2.75) is 38.2 Å². The predicted octanol–water partition coefficient (Wildman–Crippen LogP) is 6.60. The molecule has 0 saturated heterocycles. The zero-order chi connectivity index (χ0) is 20.9. The summed E-state index contributed by atoms with van der Waals surface area (Å²) in [5, 5.41) is 0. The van der Waals surface area contributed by atoms with Gasteiger partial charge in [0, 0.05) is 10.4 Å². The molecule has 154 valence electrons. The van der Waals surface area contributed by atoms with Crippen molar-refractivity contribution in [3.8, 4) is 5.75 Å². The maximum absolute atomic E-state index is 12.2. The number of benzene rings is 3. The van der Waals surface area contributed by atoms with Crippen molar-refractivity contribution in [2.75, 3.05) is 6.61 Å². The number of hydrogen-bond donors (Lipinski definition) is 0. The summed E-state index contributed by atoms with van der Waals surface area (Å²) in [6.45, 7) is 2.23. The zero-order valence-corrected chi connectivity index (χ0v) is 18.6. The molecule has 4 heteroatoms. The molecule has 3 aromatic carbocycles. The molecule has 0 amide bonds. The first-order chi connectivity index (χ1) is 14.6. The van der Waals surface area contributed by atoms with E-state index in [1.807, 2.05) is 37.3 Å². The molecule has 0 spiro atoms. The SMILES string of the molecule is CCOC(=O)CC(c1ccccc1)c1ccc(OC2CCc3cc(Br)ccc32)cc1. The van der Waals surface area contributed by atoms with Crippen LogP contribution in [0.25, 0.3) is 0 Å². The van der Waals surface area contributed by atoms with Crippen LogP contribution in [0.4, 0.5) is 0 Å². The molecule has 3 nitrogen and oxygen atoms in total. The maximum atomic E-state index is 12.2. The van der Waals surface area contributed by atoms with E-state index in [0.717, 1.165) is 34.2 Å². The molecular weight excluding hydrogens is 440 g/mol. The Morgan fingerprint density at radius 3 is 2.50 bits per heavy atom. The summed E-state index contributed by atoms with van der Waals surface area (Å²) in [5.41, 5.74) is 4.81. The van der Waals surface area contributed by atoms with Gasteiger partial charge < -0.3 is 9.47 Å². The Kier molecular flexibility index (Phi) is 6.53. The monoisotopic (exact) mass is 464 g/mol. The lowest BCUT2D eigenvalue weighted by atomic mass is 9.88. The van der Waals surface area contributed by atoms with E-state index < -0.39 is 0 Å². The van der Waals surface area contributed by atoms with Crippen molar-refractivity contribution in [3.05, 3.63) is 99.5 Å². The second-order valence-electron chi connectivity index (χ2n) is 7.53. The molecule has 2 atom stereocenters. The molecule has 0 bridgehead atoms. The van der Waals surface area contributed by atoms with Gasteiger partial charge in [-0.25, -0.2) is 0 Å². The highest BCUT2D eigenvalue weighted by Crippen LogP contribution is 2.37. The second-order valence-corrected chi connectivity index (χ2v) is 8.45. The first-order valence-electron chi connectivity index (χ1n) is 10.4. The summed E-state index contributed by atoms with van der Waals surface area (Å²) in [5.74, 6) is 0.631. The average molecular weight is 465 g/mol. The number of halogens is 1. The lowest BCUT2D eigenvalue weighted by Crippen LogP contribution is -2.11. The number of hydrogen-bond acceptors (Lipinski definition) is 3. The fourth-order valence-corrected chi connectivity index (χ4v) is 4.52. The van der Waals surface area contributed by atoms with Gasteiger partial charge in [0.15, 0.2) is 0 Å². The first-order valence-corrected chi connectivity index (χ1v) is 11.2. The van der Waals surface area contributed by atoms with Crippen LogP contribution in [-0.4, -0.2) is 12.6 Å². The molecule has 0 heterocycles. The third kappa shape index (κ3) is 4.76. The highest BCUT2D eigenvalue weighted by Gasteiger charge is 2.24. The number of fused-ring (bicyclic) bond motifs is 1. The van der Waals surface area contributed by atoms with Crippen LogP contribution in [0.5, 0.6) is 5.75 Å². The average Bonchev–Trinajstić information content (AvgIpc) is 3.15. The van der Waals surface area contributed by atoms with Crippen LogP contribution in [-0.2, 0) is 16.0 Å². The molecule has 0 N–H and O–H groups in total. The standard InChI is InChI=1S/C26H25BrO3/c1-2-29-26(28)17-24(18-6-4-3-5-7-18)19-8-12-22(13-9-19)30-25-15-10-20-16-21(27)11-14-23(20)25/h3-9,11-14,16,24-25H,2,10,15,17H2,1H3. The minimum absolute atomic E-state index is 0.0381. The van der Waals surface area contributed by atoms with Crippen LogP contribution in [0.1, 0.15) is 54.0 Å². The topological polar surface area (TPSA) is 35.5 Å². The number of esters is 1. The Bertz CT molecular complexity index is 999. The summed E-state index contributed by atoms with van der Waals surface area (Å²) in [6.07, 6.45) is 2.43. The van der Waals surface area contributed by atoms with Crippen LogP contribution >= 0.6 is 15.9 Å². The summed E-state index contributed by atoms with van der Waals surface area (Å²) in [7, 11) is 0. The molecule has 1 aliphatic carbocycles.